The van der Waals surface area contributed by atoms with Crippen molar-refractivity contribution < 1.29 is 38.8 Å². The van der Waals surface area contributed by atoms with E-state index in [0.717, 1.165) is 0 Å². The Hall–Kier alpha value is -2.44. The third-order valence-corrected chi connectivity index (χ3v) is 3.74. The van der Waals surface area contributed by atoms with E-state index in [1.54, 1.807) is 18.9 Å². The van der Waals surface area contributed by atoms with Crippen LogP contribution in [-0.4, -0.2) is 97.2 Å². The van der Waals surface area contributed by atoms with Gasteiger partial charge in [-0.05, 0) is 27.3 Å². The van der Waals surface area contributed by atoms with E-state index in [1.165, 1.54) is 6.92 Å². The number of esters is 3. The molecule has 0 rings (SSSR count). The van der Waals surface area contributed by atoms with Gasteiger partial charge in [0.2, 0.25) is 0 Å². The van der Waals surface area contributed by atoms with Crippen LogP contribution in [0.4, 0.5) is 0 Å². The topological polar surface area (TPSA) is 187 Å². The van der Waals surface area contributed by atoms with Gasteiger partial charge in [0.15, 0.2) is 5.96 Å². The number of carbonyl (C=O) groups excluding carboxylic acids is 3. The fourth-order valence-corrected chi connectivity index (χ4v) is 2.34. The predicted octanol–water partition coefficient (Wildman–Crippen LogP) is -1.88. The van der Waals surface area contributed by atoms with Crippen molar-refractivity contribution in [2.75, 3.05) is 40.0 Å². The van der Waals surface area contributed by atoms with Crippen LogP contribution in [0.15, 0.2) is 4.99 Å². The second kappa shape index (κ2) is 15.4. The van der Waals surface area contributed by atoms with E-state index in [9.17, 15) is 19.5 Å². The van der Waals surface area contributed by atoms with E-state index < -0.39 is 36.2 Å². The molecule has 12 nitrogen and oxygen atoms in total. The molecule has 0 aromatic carbocycles. The van der Waals surface area contributed by atoms with Gasteiger partial charge in [0.05, 0.1) is 25.6 Å². The highest BCUT2D eigenvalue weighted by atomic mass is 16.6. The standard InChI is InChI=1S/C18H34N4O8/c1-4-28-17(27)14(7-8-21-18(19)20)22(3)9-13(24)11-30-16(26)6-5-15(25)29-10-12(2)23/h12-14,23-24H,4-11H2,1-3H3,(H4,19,20,21). The van der Waals surface area contributed by atoms with Crippen LogP contribution in [0.3, 0.4) is 0 Å². The number of aliphatic imine (C=N–C) groups is 1. The van der Waals surface area contributed by atoms with Crippen molar-refractivity contribution in [3.8, 4) is 0 Å². The van der Waals surface area contributed by atoms with Crippen molar-refractivity contribution in [2.45, 2.75) is 51.4 Å². The van der Waals surface area contributed by atoms with Gasteiger partial charge in [0, 0.05) is 13.1 Å². The van der Waals surface area contributed by atoms with Gasteiger partial charge in [-0.25, -0.2) is 0 Å². The first kappa shape index (κ1) is 27.6. The Labute approximate surface area is 176 Å². The number of hydrogen-bond donors (Lipinski definition) is 4. The molecule has 12 heteroatoms. The Balaban J connectivity index is 4.43. The molecule has 0 spiro atoms. The number of nitrogens with two attached hydrogens (primary N) is 2. The molecule has 0 fully saturated rings. The van der Waals surface area contributed by atoms with Gasteiger partial charge in [-0.15, -0.1) is 0 Å². The molecule has 174 valence electrons. The minimum absolute atomic E-state index is 0.0228. The van der Waals surface area contributed by atoms with Gasteiger partial charge in [-0.2, -0.15) is 0 Å². The number of ether oxygens (including phenoxy) is 3. The van der Waals surface area contributed by atoms with Crippen molar-refractivity contribution in [1.29, 1.82) is 0 Å². The summed E-state index contributed by atoms with van der Waals surface area (Å²) in [4.78, 5) is 40.6. The smallest absolute Gasteiger partial charge is 0.323 e. The zero-order valence-electron chi connectivity index (χ0n) is 17.8. The van der Waals surface area contributed by atoms with E-state index >= 15 is 0 Å². The molecule has 0 heterocycles. The number of aliphatic hydroxyl groups excluding tert-OH is 2. The van der Waals surface area contributed by atoms with Gasteiger partial charge in [0.1, 0.15) is 25.4 Å². The van der Waals surface area contributed by atoms with Gasteiger partial charge in [-0.1, -0.05) is 0 Å². The number of guanidine groups is 1. The molecule has 0 aromatic heterocycles. The monoisotopic (exact) mass is 434 g/mol. The summed E-state index contributed by atoms with van der Waals surface area (Å²) in [6.07, 6.45) is -2.00. The van der Waals surface area contributed by atoms with Crippen molar-refractivity contribution in [3.05, 3.63) is 0 Å². The first-order valence-electron chi connectivity index (χ1n) is 9.66. The van der Waals surface area contributed by atoms with Crippen LogP contribution in [0.1, 0.15) is 33.1 Å². The molecule has 0 radical (unpaired) electrons. The quantitative estimate of drug-likeness (QED) is 0.0977. The lowest BCUT2D eigenvalue weighted by Crippen LogP contribution is -2.45. The molecule has 30 heavy (non-hydrogen) atoms. The molecule has 3 unspecified atom stereocenters. The fraction of sp³-hybridized carbons (Fsp3) is 0.778. The van der Waals surface area contributed by atoms with Crippen LogP contribution in [0, 0.1) is 0 Å². The second-order valence-electron chi connectivity index (χ2n) is 6.67. The Morgan fingerprint density at radius 2 is 1.60 bits per heavy atom. The molecule has 0 amide bonds. The number of likely N-dealkylation sites (N-methyl/N-ethyl adjacent to an activating group) is 1. The van der Waals surface area contributed by atoms with Gasteiger partial charge in [0.25, 0.3) is 0 Å². The van der Waals surface area contributed by atoms with Crippen LogP contribution < -0.4 is 11.5 Å². The van der Waals surface area contributed by atoms with Crippen LogP contribution >= 0.6 is 0 Å². The van der Waals surface area contributed by atoms with Crippen LogP contribution in [0.2, 0.25) is 0 Å². The first-order valence-corrected chi connectivity index (χ1v) is 9.66. The SMILES string of the molecule is CCOC(=O)C(CCN=C(N)N)N(C)CC(O)COC(=O)CCC(=O)OCC(C)O. The molecule has 0 saturated carbocycles. The average molecular weight is 434 g/mol. The summed E-state index contributed by atoms with van der Waals surface area (Å²) in [5, 5.41) is 19.1. The molecule has 0 aliphatic rings. The minimum Gasteiger partial charge on any atom is -0.465 e. The zero-order valence-corrected chi connectivity index (χ0v) is 17.8. The molecule has 0 aliphatic carbocycles. The molecular weight excluding hydrogens is 400 g/mol. The number of carbonyl (C=O) groups is 3. The Kier molecular flexibility index (Phi) is 14.2. The zero-order chi connectivity index (χ0) is 23.1. The van der Waals surface area contributed by atoms with E-state index in [2.05, 4.69) is 4.99 Å². The largest absolute Gasteiger partial charge is 0.465 e. The summed E-state index contributed by atoms with van der Waals surface area (Å²) in [6.45, 7) is 3.11. The van der Waals surface area contributed by atoms with E-state index in [-0.39, 0.29) is 58.1 Å². The maximum absolute atomic E-state index is 12.2. The van der Waals surface area contributed by atoms with Gasteiger partial charge >= 0.3 is 17.9 Å². The van der Waals surface area contributed by atoms with Crippen molar-refractivity contribution in [1.82, 2.24) is 4.90 Å². The Bertz CT molecular complexity index is 566. The lowest BCUT2D eigenvalue weighted by molar-refractivity contribution is -0.154. The van der Waals surface area contributed by atoms with Gasteiger partial charge < -0.3 is 35.9 Å². The summed E-state index contributed by atoms with van der Waals surface area (Å²) in [7, 11) is 1.61. The maximum atomic E-state index is 12.2. The lowest BCUT2D eigenvalue weighted by Gasteiger charge is -2.27. The summed E-state index contributed by atoms with van der Waals surface area (Å²) in [5.41, 5.74) is 10.6. The Morgan fingerprint density at radius 1 is 1.03 bits per heavy atom. The summed E-state index contributed by atoms with van der Waals surface area (Å²) < 4.78 is 14.7. The highest BCUT2D eigenvalue weighted by Crippen LogP contribution is 2.07. The number of rotatable bonds is 15. The molecule has 6 N–H and O–H groups in total. The van der Waals surface area contributed by atoms with Gasteiger partial charge in [-0.3, -0.25) is 24.3 Å². The average Bonchev–Trinajstić information content (AvgIpc) is 2.66. The predicted molar refractivity (Wildman–Crippen MR) is 107 cm³/mol. The van der Waals surface area contributed by atoms with Crippen LogP contribution in [-0.2, 0) is 28.6 Å². The van der Waals surface area contributed by atoms with Crippen LogP contribution in [0.5, 0.6) is 0 Å². The number of nitrogens with zero attached hydrogens (tertiary/aromatic N) is 2. The van der Waals surface area contributed by atoms with Crippen molar-refractivity contribution >= 4 is 23.9 Å². The normalized spacial score (nSPS) is 13.8. The highest BCUT2D eigenvalue weighted by molar-refractivity contribution is 5.78. The molecule has 0 bridgehead atoms. The first-order chi connectivity index (χ1) is 14.1. The fourth-order valence-electron chi connectivity index (χ4n) is 2.34. The Morgan fingerprint density at radius 3 is 2.10 bits per heavy atom. The van der Waals surface area contributed by atoms with E-state index in [4.69, 9.17) is 30.8 Å². The summed E-state index contributed by atoms with van der Waals surface area (Å²) in [5.74, 6) is -1.89. The lowest BCUT2D eigenvalue weighted by atomic mass is 10.1. The highest BCUT2D eigenvalue weighted by Gasteiger charge is 2.26. The second-order valence-corrected chi connectivity index (χ2v) is 6.67. The minimum atomic E-state index is -1.07. The molecule has 3 atom stereocenters. The molecular formula is C18H34N4O8. The van der Waals surface area contributed by atoms with E-state index in [1.807, 2.05) is 0 Å². The van der Waals surface area contributed by atoms with E-state index in [0.29, 0.717) is 0 Å². The van der Waals surface area contributed by atoms with Crippen LogP contribution in [0.25, 0.3) is 0 Å². The van der Waals surface area contributed by atoms with Crippen molar-refractivity contribution in [3.63, 3.8) is 0 Å². The summed E-state index contributed by atoms with van der Waals surface area (Å²) in [6, 6.07) is -0.693. The molecule has 0 aliphatic heterocycles. The number of aliphatic hydroxyl groups is 2. The molecule has 0 aromatic rings. The van der Waals surface area contributed by atoms with Crippen molar-refractivity contribution in [2.24, 2.45) is 16.5 Å². The number of hydrogen-bond acceptors (Lipinski definition) is 10. The molecule has 0 saturated heterocycles. The summed E-state index contributed by atoms with van der Waals surface area (Å²) >= 11 is 0. The third kappa shape index (κ3) is 13.7. The third-order valence-electron chi connectivity index (χ3n) is 3.74. The maximum Gasteiger partial charge on any atom is 0.323 e.